The summed E-state index contributed by atoms with van der Waals surface area (Å²) in [5, 5.41) is 53.2. The van der Waals surface area contributed by atoms with Crippen molar-refractivity contribution in [2.45, 2.75) is 107 Å². The second-order valence-electron chi connectivity index (χ2n) is 27.8. The third kappa shape index (κ3) is 19.1. The van der Waals surface area contributed by atoms with Gasteiger partial charge in [-0.15, -0.1) is 20.5 Å². The molecule has 2 N–H and O–H groups in total. The number of sulfone groups is 1. The second-order valence-corrected chi connectivity index (χ2v) is 36.2. The van der Waals surface area contributed by atoms with Crippen LogP contribution in [0.4, 0.5) is 20.0 Å². The Labute approximate surface area is 674 Å². The molecule has 8 aromatic rings. The zero-order valence-electron chi connectivity index (χ0n) is 64.8. The van der Waals surface area contributed by atoms with Gasteiger partial charge in [-0.1, -0.05) is 59.7 Å². The minimum absolute atomic E-state index is 0.114. The Morgan fingerprint density at radius 3 is 1.24 bits per heavy atom. The predicted molar refractivity (Wildman–Crippen MR) is 427 cm³/mol. The molecule has 45 heteroatoms. The van der Waals surface area contributed by atoms with E-state index in [-0.39, 0.29) is 43.9 Å². The number of nitrogens with two attached hydrogens (primary N) is 1. The van der Waals surface area contributed by atoms with Crippen molar-refractivity contribution in [3.05, 3.63) is 78.9 Å². The van der Waals surface area contributed by atoms with Crippen LogP contribution < -0.4 is 5.14 Å². The van der Waals surface area contributed by atoms with Gasteiger partial charge in [0.2, 0.25) is 44.2 Å². The van der Waals surface area contributed by atoms with Crippen LogP contribution in [-0.4, -0.2) is 281 Å². The van der Waals surface area contributed by atoms with E-state index in [9.17, 15) is 63.6 Å². The fourth-order valence-corrected chi connectivity index (χ4v) is 18.0. The first-order valence-electron chi connectivity index (χ1n) is 36.2. The topological polar surface area (TPSA) is 451 Å². The molecule has 4 aromatic heterocycles. The Kier molecular flexibility index (Phi) is 28.0. The number of sulfonamides is 2. The summed E-state index contributed by atoms with van der Waals surface area (Å²) in [5.41, 5.74) is 2.17. The molecule has 4 aromatic carbocycles. The number of aromatic nitrogens is 4. The van der Waals surface area contributed by atoms with E-state index in [0.29, 0.717) is 126 Å². The van der Waals surface area contributed by atoms with Crippen LogP contribution in [0.5, 0.6) is 0 Å². The average molecular weight is 1700 g/mol. The predicted octanol–water partition coefficient (Wildman–Crippen LogP) is 7.69. The molecule has 114 heavy (non-hydrogen) atoms. The maximum Gasteiger partial charge on any atom is 0.277 e. The largest absolute Gasteiger partial charge is 0.308 e. The number of primary sulfonamides is 1. The Bertz CT molecular complexity index is 5350. The van der Waals surface area contributed by atoms with Crippen LogP contribution in [0, 0.1) is 11.8 Å². The van der Waals surface area contributed by atoms with Crippen LogP contribution in [-0.2, 0) is 68.2 Å². The van der Waals surface area contributed by atoms with E-state index in [4.69, 9.17) is 5.14 Å². The Morgan fingerprint density at radius 2 is 0.825 bits per heavy atom. The summed E-state index contributed by atoms with van der Waals surface area (Å²) in [6.45, 7) is 20.3. The number of azo groups is 4. The molecule has 5 aliphatic heterocycles. The molecule has 0 saturated carbocycles. The van der Waals surface area contributed by atoms with Gasteiger partial charge in [0.05, 0.1) is 39.4 Å². The highest BCUT2D eigenvalue weighted by atomic mass is 32.2. The van der Waals surface area contributed by atoms with Crippen LogP contribution in [0.1, 0.15) is 68.2 Å². The number of carbonyl (C=O) groups is 8. The van der Waals surface area contributed by atoms with E-state index < -0.39 is 89.5 Å². The van der Waals surface area contributed by atoms with Crippen molar-refractivity contribution in [3.63, 3.8) is 0 Å². The number of benzene rings is 4. The summed E-state index contributed by atoms with van der Waals surface area (Å²) in [7, 11) is -3.41. The van der Waals surface area contributed by atoms with Crippen molar-refractivity contribution in [2.75, 3.05) is 113 Å². The summed E-state index contributed by atoms with van der Waals surface area (Å²) in [6.07, 6.45) is 2.95. The minimum Gasteiger partial charge on any atom is -0.308 e. The quantitative estimate of drug-likeness (QED) is 0.0401. The monoisotopic (exact) mass is 1700 g/mol. The average Bonchev–Trinajstić information content (AvgIpc) is 1.54. The fourth-order valence-electron chi connectivity index (χ4n) is 12.3. The lowest BCUT2D eigenvalue weighted by Crippen LogP contribution is -2.46. The molecule has 5 fully saturated rings. The fraction of sp³-hybridized carbons (Fsp3) is 0.478. The zero-order valence-corrected chi connectivity index (χ0v) is 70.5. The summed E-state index contributed by atoms with van der Waals surface area (Å²) in [4.78, 5) is 105. The maximum atomic E-state index is 13.1. The first-order valence-corrected chi connectivity index (χ1v) is 44.2. The molecule has 9 heterocycles. The van der Waals surface area contributed by atoms with Crippen molar-refractivity contribution in [1.82, 2.24) is 71.7 Å². The summed E-state index contributed by atoms with van der Waals surface area (Å²) in [5.74, 6) is -2.74. The first kappa shape index (κ1) is 86.7. The normalized spacial score (nSPS) is 16.9. The maximum absolute atomic E-state index is 13.1. The number of hydrogen-bond donors (Lipinski definition) is 1. The first-order chi connectivity index (χ1) is 54.0. The second kappa shape index (κ2) is 36.8. The molecule has 0 spiro atoms. The highest BCUT2D eigenvalue weighted by Crippen LogP contribution is 2.39. The zero-order chi connectivity index (χ0) is 83.0. The van der Waals surface area contributed by atoms with E-state index in [1.54, 1.807) is 45.9 Å². The molecule has 0 atom stereocenters. The van der Waals surface area contributed by atoms with Crippen molar-refractivity contribution < 1.29 is 63.6 Å². The number of amides is 8. The van der Waals surface area contributed by atoms with E-state index in [1.807, 2.05) is 90.0 Å². The molecule has 0 unspecified atom stereocenters. The lowest BCUT2D eigenvalue weighted by atomic mass is 10.2. The summed E-state index contributed by atoms with van der Waals surface area (Å²) < 4.78 is 91.1. The lowest BCUT2D eigenvalue weighted by Gasteiger charge is -2.31. The molecule has 610 valence electrons. The van der Waals surface area contributed by atoms with Crippen LogP contribution in [0.2, 0.25) is 0 Å². The molecule has 8 amide bonds. The minimum atomic E-state index is -3.95. The Hall–Kier alpha value is -9.71. The van der Waals surface area contributed by atoms with E-state index in [2.05, 4.69) is 58.4 Å². The SMILES string of the molecule is CC(C)CN1C(=O)C(N=Nc2snc3c(S(N)(=O)=O)cccc23)C(=O)N1CC(C)C.CCN(CC)S(=O)(=O)c1ccc2nsc(N=NC3C(=O)N(CCN(C)C)N(CCN(C)C)C3=O)c2c1.CCN1C(=O)C(N=Nc2snc3ccc(S(C)(=O)=O)cc23)C(=O)N1CC.O=C1C(N=Nc2snc3ccccc23)C(=O)N2CCCCN12. The van der Waals surface area contributed by atoms with Gasteiger partial charge < -0.3 is 9.80 Å². The number of carbonyl (C=O) groups excluding carboxylic acids is 8. The third-order valence-corrected chi connectivity index (χ3v) is 25.2. The van der Waals surface area contributed by atoms with Gasteiger partial charge in [0.15, 0.2) is 29.8 Å². The molecule has 38 nitrogen and oxygen atoms in total. The molecule has 0 bridgehead atoms. The number of hydrazine groups is 4. The number of hydrogen-bond acceptors (Lipinski definition) is 32. The highest BCUT2D eigenvalue weighted by molar-refractivity contribution is 7.90. The highest BCUT2D eigenvalue weighted by Gasteiger charge is 2.50. The number of likely N-dealkylation sites (N-methyl/N-ethyl adjacent to an activating group) is 4. The van der Waals surface area contributed by atoms with Gasteiger partial charge in [0.1, 0.15) is 10.4 Å². The molecule has 5 aliphatic rings. The van der Waals surface area contributed by atoms with E-state index >= 15 is 0 Å². The van der Waals surface area contributed by atoms with Gasteiger partial charge in [-0.05, 0) is 174 Å². The standard InChI is InChI=1S/C22H34N8O4S2.C18H24N6O4S2.C15H17N5O4S2.C14H13N5O2S/c1-7-28(8-2)36(33,34)16-9-10-18-17(15-16)20(35-25-18)24-23-19-21(31)29(13-11-26(3)4)30(22(19)32)14-12-27(5)6;1-10(2)8-23-17(25)15(18(26)24(23)9-11(3)4)20-21-16-12-6-5-7-13(30(19,27)28)14(12)22-29-16;1-4-19-14(21)12(15(22)20(19)5-2)16-17-13-10-8-9(26(3,23)24)6-7-11(10)18-25-13;20-13-11(14(21)19-8-4-3-7-18(13)19)15-16-12-9-5-1-2-6-10(9)17-22-12/h9-10,15,19H,7-8,11-14H2,1-6H3;5-7,10-11,15H,8-9H2,1-4H3,(H2,19,27,28);6-8,12H,4-5H2,1-3H3;1-2,5-6,11H,3-4,7-8H2. The molecule has 0 radical (unpaired) electrons. The van der Waals surface area contributed by atoms with Gasteiger partial charge >= 0.3 is 0 Å². The Morgan fingerprint density at radius 1 is 0.456 bits per heavy atom. The van der Waals surface area contributed by atoms with Crippen LogP contribution in [0.15, 0.2) is 134 Å². The lowest BCUT2D eigenvalue weighted by molar-refractivity contribution is -0.150. The van der Waals surface area contributed by atoms with Gasteiger partial charge in [0, 0.05) is 93.2 Å². The summed E-state index contributed by atoms with van der Waals surface area (Å²) in [6, 6.07) is 16.5. The van der Waals surface area contributed by atoms with E-state index in [0.717, 1.165) is 64.6 Å². The number of nitrogens with zero attached hydrogens (tertiary/aromatic N) is 23. The molecular formula is C69H88N24O14S7. The van der Waals surface area contributed by atoms with Crippen molar-refractivity contribution >= 4 is 187 Å². The smallest absolute Gasteiger partial charge is 0.277 e. The third-order valence-electron chi connectivity index (χ3n) is 18.1. The van der Waals surface area contributed by atoms with Crippen molar-refractivity contribution in [3.8, 4) is 0 Å². The van der Waals surface area contributed by atoms with Gasteiger partial charge in [0.25, 0.3) is 47.3 Å². The van der Waals surface area contributed by atoms with Crippen molar-refractivity contribution in [2.24, 2.45) is 57.9 Å². The number of fused-ring (bicyclic) bond motifs is 5. The molecular weight excluding hydrogens is 1610 g/mol. The van der Waals surface area contributed by atoms with Crippen molar-refractivity contribution in [1.29, 1.82) is 0 Å². The number of rotatable bonds is 26. The molecule has 0 aliphatic carbocycles. The van der Waals surface area contributed by atoms with Crippen LogP contribution in [0.3, 0.4) is 0 Å². The van der Waals surface area contributed by atoms with Gasteiger partial charge in [-0.25, -0.2) is 70.5 Å². The van der Waals surface area contributed by atoms with Gasteiger partial charge in [-0.2, -0.15) is 42.3 Å². The van der Waals surface area contributed by atoms with E-state index in [1.165, 1.54) is 92.3 Å². The van der Waals surface area contributed by atoms with Gasteiger partial charge in [-0.3, -0.25) is 38.4 Å². The van der Waals surface area contributed by atoms with Crippen LogP contribution >= 0.6 is 46.1 Å². The Balaban J connectivity index is 0.000000163. The molecule has 5 saturated heterocycles. The summed E-state index contributed by atoms with van der Waals surface area (Å²) >= 11 is 4.20. The molecule has 13 rings (SSSR count). The van der Waals surface area contributed by atoms with Crippen LogP contribution in [0.25, 0.3) is 43.6 Å².